The lowest BCUT2D eigenvalue weighted by molar-refractivity contribution is -0.148. The van der Waals surface area contributed by atoms with Gasteiger partial charge in [-0.05, 0) is 49.9 Å². The van der Waals surface area contributed by atoms with Crippen molar-refractivity contribution in [3.63, 3.8) is 0 Å². The van der Waals surface area contributed by atoms with E-state index in [1.165, 1.54) is 16.7 Å². The van der Waals surface area contributed by atoms with Crippen LogP contribution >= 0.6 is 0 Å². The molecule has 1 heterocycles. The number of likely N-dealkylation sites (tertiary alicyclic amines) is 1. The Morgan fingerprint density at radius 1 is 1.37 bits per heavy atom. The Morgan fingerprint density at radius 3 is 2.47 bits per heavy atom. The molecule has 1 aromatic carbocycles. The number of aryl methyl sites for hydroxylation is 2. The molecule has 104 valence electrons. The van der Waals surface area contributed by atoms with E-state index in [0.29, 0.717) is 13.0 Å². The van der Waals surface area contributed by atoms with E-state index in [1.54, 1.807) is 0 Å². The zero-order valence-electron chi connectivity index (χ0n) is 12.1. The van der Waals surface area contributed by atoms with Gasteiger partial charge in [0.25, 0.3) is 0 Å². The van der Waals surface area contributed by atoms with E-state index in [1.807, 2.05) is 6.92 Å². The van der Waals surface area contributed by atoms with Gasteiger partial charge in [0.05, 0.1) is 5.41 Å². The van der Waals surface area contributed by atoms with Crippen LogP contribution in [0.4, 0.5) is 0 Å². The number of nitrogens with zero attached hydrogens (tertiary/aromatic N) is 1. The van der Waals surface area contributed by atoms with Gasteiger partial charge in [-0.15, -0.1) is 0 Å². The Hall–Kier alpha value is -1.35. The van der Waals surface area contributed by atoms with Crippen molar-refractivity contribution < 1.29 is 9.90 Å². The van der Waals surface area contributed by atoms with Crippen molar-refractivity contribution in [3.8, 4) is 0 Å². The summed E-state index contributed by atoms with van der Waals surface area (Å²) >= 11 is 0. The molecule has 2 rings (SSSR count). The summed E-state index contributed by atoms with van der Waals surface area (Å²) in [6.07, 6.45) is 1.48. The van der Waals surface area contributed by atoms with Crippen molar-refractivity contribution in [2.45, 2.75) is 40.2 Å². The zero-order chi connectivity index (χ0) is 14.0. The molecule has 0 bridgehead atoms. The van der Waals surface area contributed by atoms with Gasteiger partial charge >= 0.3 is 5.97 Å². The van der Waals surface area contributed by atoms with Crippen molar-refractivity contribution in [1.82, 2.24) is 4.90 Å². The minimum Gasteiger partial charge on any atom is -0.481 e. The molecule has 19 heavy (non-hydrogen) atoms. The third kappa shape index (κ3) is 2.66. The lowest BCUT2D eigenvalue weighted by Gasteiger charge is -2.24. The number of rotatable bonds is 4. The summed E-state index contributed by atoms with van der Waals surface area (Å²) in [6, 6.07) is 6.33. The van der Waals surface area contributed by atoms with E-state index in [-0.39, 0.29) is 0 Å². The number of benzene rings is 1. The molecule has 0 amide bonds. The fourth-order valence-electron chi connectivity index (χ4n) is 3.03. The minimum absolute atomic E-state index is 0.531. The molecule has 1 unspecified atom stereocenters. The molecule has 0 aromatic heterocycles. The first-order valence-corrected chi connectivity index (χ1v) is 6.99. The predicted molar refractivity (Wildman–Crippen MR) is 76.2 cm³/mol. The molecule has 1 fully saturated rings. The second kappa shape index (κ2) is 5.33. The van der Waals surface area contributed by atoms with Gasteiger partial charge in [-0.2, -0.15) is 0 Å². The van der Waals surface area contributed by atoms with Crippen molar-refractivity contribution >= 4 is 5.97 Å². The Balaban J connectivity index is 2.13. The van der Waals surface area contributed by atoms with Gasteiger partial charge in [0.2, 0.25) is 0 Å². The SMILES string of the molecule is CCC1(C(=O)O)CCN(Cc2c(C)cccc2C)C1. The Kier molecular flexibility index (Phi) is 3.95. The van der Waals surface area contributed by atoms with Crippen LogP contribution in [-0.4, -0.2) is 29.1 Å². The van der Waals surface area contributed by atoms with Gasteiger partial charge < -0.3 is 5.11 Å². The second-order valence-electron chi connectivity index (χ2n) is 5.77. The van der Waals surface area contributed by atoms with Crippen molar-refractivity contribution in [2.75, 3.05) is 13.1 Å². The van der Waals surface area contributed by atoms with Crippen LogP contribution in [0.2, 0.25) is 0 Å². The Morgan fingerprint density at radius 2 is 2.00 bits per heavy atom. The van der Waals surface area contributed by atoms with Crippen LogP contribution in [0.5, 0.6) is 0 Å². The summed E-state index contributed by atoms with van der Waals surface area (Å²) in [4.78, 5) is 13.7. The number of carbonyl (C=O) groups is 1. The average molecular weight is 261 g/mol. The van der Waals surface area contributed by atoms with Crippen molar-refractivity contribution in [3.05, 3.63) is 34.9 Å². The molecule has 0 aliphatic carbocycles. The molecule has 1 aliphatic rings. The molecule has 1 aliphatic heterocycles. The lowest BCUT2D eigenvalue weighted by Crippen LogP contribution is -2.34. The molecule has 0 spiro atoms. The zero-order valence-corrected chi connectivity index (χ0v) is 12.1. The van der Waals surface area contributed by atoms with Gasteiger partial charge in [0.15, 0.2) is 0 Å². The van der Waals surface area contributed by atoms with Crippen molar-refractivity contribution in [2.24, 2.45) is 5.41 Å². The summed E-state index contributed by atoms with van der Waals surface area (Å²) < 4.78 is 0. The highest BCUT2D eigenvalue weighted by molar-refractivity contribution is 5.75. The molecule has 1 aromatic rings. The number of carboxylic acids is 1. The lowest BCUT2D eigenvalue weighted by atomic mass is 9.84. The number of aliphatic carboxylic acids is 1. The van der Waals surface area contributed by atoms with Gasteiger partial charge in [-0.3, -0.25) is 9.69 Å². The van der Waals surface area contributed by atoms with Crippen LogP contribution in [0, 0.1) is 19.3 Å². The maximum absolute atomic E-state index is 11.5. The summed E-state index contributed by atoms with van der Waals surface area (Å²) in [5.41, 5.74) is 3.41. The first-order valence-electron chi connectivity index (χ1n) is 6.99. The molecule has 1 N–H and O–H groups in total. The molecular weight excluding hydrogens is 238 g/mol. The monoisotopic (exact) mass is 261 g/mol. The Bertz CT molecular complexity index is 463. The number of hydrogen-bond donors (Lipinski definition) is 1. The summed E-state index contributed by atoms with van der Waals surface area (Å²) in [6.45, 7) is 8.66. The molecule has 0 saturated carbocycles. The number of carboxylic acid groups (broad SMARTS) is 1. The van der Waals surface area contributed by atoms with Crippen LogP contribution in [0.1, 0.15) is 36.5 Å². The van der Waals surface area contributed by atoms with E-state index in [9.17, 15) is 9.90 Å². The highest BCUT2D eigenvalue weighted by Crippen LogP contribution is 2.35. The summed E-state index contributed by atoms with van der Waals surface area (Å²) in [7, 11) is 0. The van der Waals surface area contributed by atoms with E-state index in [0.717, 1.165) is 19.5 Å². The smallest absolute Gasteiger partial charge is 0.310 e. The molecular formula is C16H23NO2. The Labute approximate surface area is 115 Å². The summed E-state index contributed by atoms with van der Waals surface area (Å²) in [5.74, 6) is -0.640. The standard InChI is InChI=1S/C16H23NO2/c1-4-16(15(18)19)8-9-17(11-16)10-14-12(2)6-5-7-13(14)3/h5-7H,4,8-11H2,1-3H3,(H,18,19). The number of hydrogen-bond acceptors (Lipinski definition) is 2. The van der Waals surface area contributed by atoms with Gasteiger partial charge in [0, 0.05) is 13.1 Å². The maximum atomic E-state index is 11.5. The normalized spacial score (nSPS) is 23.7. The van der Waals surface area contributed by atoms with Gasteiger partial charge in [-0.1, -0.05) is 25.1 Å². The van der Waals surface area contributed by atoms with Crippen LogP contribution in [0.15, 0.2) is 18.2 Å². The fraction of sp³-hybridized carbons (Fsp3) is 0.562. The third-order valence-electron chi connectivity index (χ3n) is 4.59. The highest BCUT2D eigenvalue weighted by Gasteiger charge is 2.43. The minimum atomic E-state index is -0.640. The quantitative estimate of drug-likeness (QED) is 0.905. The van der Waals surface area contributed by atoms with Crippen LogP contribution in [0.3, 0.4) is 0 Å². The third-order valence-corrected chi connectivity index (χ3v) is 4.59. The van der Waals surface area contributed by atoms with E-state index < -0.39 is 11.4 Å². The second-order valence-corrected chi connectivity index (χ2v) is 5.77. The summed E-state index contributed by atoms with van der Waals surface area (Å²) in [5, 5.41) is 9.43. The predicted octanol–water partition coefficient (Wildman–Crippen LogP) is 2.99. The van der Waals surface area contributed by atoms with Crippen LogP contribution in [0.25, 0.3) is 0 Å². The van der Waals surface area contributed by atoms with Crippen LogP contribution < -0.4 is 0 Å². The van der Waals surface area contributed by atoms with Gasteiger partial charge in [-0.25, -0.2) is 0 Å². The molecule has 0 radical (unpaired) electrons. The van der Waals surface area contributed by atoms with Crippen LogP contribution in [-0.2, 0) is 11.3 Å². The maximum Gasteiger partial charge on any atom is 0.310 e. The first kappa shape index (κ1) is 14.1. The molecule has 3 nitrogen and oxygen atoms in total. The first-order chi connectivity index (χ1) is 8.98. The average Bonchev–Trinajstić information content (AvgIpc) is 2.79. The fourth-order valence-corrected chi connectivity index (χ4v) is 3.03. The largest absolute Gasteiger partial charge is 0.481 e. The molecule has 1 saturated heterocycles. The van der Waals surface area contributed by atoms with E-state index in [4.69, 9.17) is 0 Å². The van der Waals surface area contributed by atoms with E-state index in [2.05, 4.69) is 36.9 Å². The van der Waals surface area contributed by atoms with Crippen molar-refractivity contribution in [1.29, 1.82) is 0 Å². The van der Waals surface area contributed by atoms with Gasteiger partial charge in [0.1, 0.15) is 0 Å². The molecule has 1 atom stereocenters. The van der Waals surface area contributed by atoms with E-state index >= 15 is 0 Å². The topological polar surface area (TPSA) is 40.5 Å². The molecule has 3 heteroatoms. The highest BCUT2D eigenvalue weighted by atomic mass is 16.4.